The van der Waals surface area contributed by atoms with E-state index < -0.39 is 12.1 Å². The molecule has 0 aliphatic heterocycles. The summed E-state index contributed by atoms with van der Waals surface area (Å²) in [5.74, 6) is 0.389. The van der Waals surface area contributed by atoms with Crippen LogP contribution in [0.2, 0.25) is 10.0 Å². The van der Waals surface area contributed by atoms with Crippen molar-refractivity contribution in [3.05, 3.63) is 220 Å². The molecule has 4 N–H and O–H groups in total. The molecule has 4 aromatic heterocycles. The first-order chi connectivity index (χ1) is 35.8. The number of phenols is 2. The molecule has 4 heterocycles. The van der Waals surface area contributed by atoms with Gasteiger partial charge in [-0.25, -0.2) is 9.67 Å². The van der Waals surface area contributed by atoms with Gasteiger partial charge in [0, 0.05) is 63.0 Å². The smallest absolute Gasteiger partial charge is 0.258 e. The molecule has 74 heavy (non-hydrogen) atoms. The number of fused-ring (bicyclic) bond motifs is 2. The van der Waals surface area contributed by atoms with Crippen molar-refractivity contribution in [1.82, 2.24) is 35.4 Å². The highest BCUT2D eigenvalue weighted by Crippen LogP contribution is 2.41. The highest BCUT2D eigenvalue weighted by molar-refractivity contribution is 7.13. The Bertz CT molecular complexity index is 3540. The molecule has 2 atom stereocenters. The van der Waals surface area contributed by atoms with Crippen molar-refractivity contribution in [2.75, 3.05) is 13.2 Å². The molecule has 6 aromatic carbocycles. The summed E-state index contributed by atoms with van der Waals surface area (Å²) in [5.41, 5.74) is 5.95. The van der Waals surface area contributed by atoms with Crippen LogP contribution in [-0.2, 0) is 15.0 Å². The topological polar surface area (TPSA) is 174 Å². The Hall–Kier alpha value is -8.30. The Labute approximate surface area is 441 Å². The van der Waals surface area contributed by atoms with Gasteiger partial charge in [-0.1, -0.05) is 117 Å². The van der Waals surface area contributed by atoms with Crippen LogP contribution in [0.4, 0.5) is 0 Å². The summed E-state index contributed by atoms with van der Waals surface area (Å²) in [4.78, 5) is 39.4. The number of nitrogens with zero attached hydrogens (tertiary/aromatic N) is 5. The molecular formula is C58H49Cl2N7O6S. The lowest BCUT2D eigenvalue weighted by molar-refractivity contribution is -0.124. The van der Waals surface area contributed by atoms with Crippen LogP contribution in [-0.4, -0.2) is 60.0 Å². The summed E-state index contributed by atoms with van der Waals surface area (Å²) in [7, 11) is 0. The maximum atomic E-state index is 13.0. The predicted octanol–water partition coefficient (Wildman–Crippen LogP) is 12.4. The van der Waals surface area contributed by atoms with Crippen molar-refractivity contribution in [2.24, 2.45) is 0 Å². The standard InChI is InChI=1S/C31H28ClN3O3S.C27H21ClN4O3/c1-31(2,3)25-18-39-30(34-25)20-13-11-19(12-14-20)27(35-26(36)17-38-21-8-5-4-6-9-21)23-16-24(32)22-10-7-15-33-28(22)29(23)37;28-23-16-22(27(34)26-21(23)8-4-13-29-26)25(31-24(33)17-35-20-6-2-1-3-7-20)18-9-11-19(12-10-18)32-15-5-14-30-32/h4-16,18,27,37H,17H2,1-3H3,(H,35,36);1-16,25,34H,17H2,(H,31,33). The summed E-state index contributed by atoms with van der Waals surface area (Å²) >= 11 is 14.7. The lowest BCUT2D eigenvalue weighted by atomic mass is 9.93. The number of hydrogen-bond acceptors (Lipinski definition) is 11. The second-order valence-electron chi connectivity index (χ2n) is 18.0. The van der Waals surface area contributed by atoms with Crippen molar-refractivity contribution in [3.63, 3.8) is 0 Å². The van der Waals surface area contributed by atoms with Crippen LogP contribution in [0, 0.1) is 0 Å². The number of ether oxygens (including phenoxy) is 2. The largest absolute Gasteiger partial charge is 0.505 e. The number of carbonyl (C=O) groups is 2. The number of rotatable bonds is 14. The van der Waals surface area contributed by atoms with E-state index in [1.165, 1.54) is 0 Å². The number of carbonyl (C=O) groups excluding carboxylic acids is 2. The molecule has 0 spiro atoms. The zero-order chi connectivity index (χ0) is 51.8. The third kappa shape index (κ3) is 11.8. The molecule has 0 bridgehead atoms. The Balaban J connectivity index is 0.000000183. The number of para-hydroxylation sites is 2. The van der Waals surface area contributed by atoms with Gasteiger partial charge in [-0.3, -0.25) is 19.6 Å². The maximum absolute atomic E-state index is 13.0. The van der Waals surface area contributed by atoms with Gasteiger partial charge < -0.3 is 30.3 Å². The van der Waals surface area contributed by atoms with Crippen molar-refractivity contribution >= 4 is 68.2 Å². The molecule has 0 aliphatic carbocycles. The summed E-state index contributed by atoms with van der Waals surface area (Å²) in [6, 6.07) is 44.4. The minimum Gasteiger partial charge on any atom is -0.505 e. The lowest BCUT2D eigenvalue weighted by Crippen LogP contribution is -2.33. The number of halogens is 2. The van der Waals surface area contributed by atoms with Crippen LogP contribution < -0.4 is 20.1 Å². The van der Waals surface area contributed by atoms with Gasteiger partial charge in [0.05, 0.1) is 33.5 Å². The molecule has 0 fully saturated rings. The Morgan fingerprint density at radius 3 is 1.57 bits per heavy atom. The molecule has 13 nitrogen and oxygen atoms in total. The molecule has 10 rings (SSSR count). The van der Waals surface area contributed by atoms with Gasteiger partial charge in [0.1, 0.15) is 39.0 Å². The third-order valence-electron chi connectivity index (χ3n) is 11.9. The van der Waals surface area contributed by atoms with E-state index in [2.05, 4.69) is 51.9 Å². The third-order valence-corrected chi connectivity index (χ3v) is 13.4. The Kier molecular flexibility index (Phi) is 15.5. The summed E-state index contributed by atoms with van der Waals surface area (Å²) < 4.78 is 13.0. The molecule has 2 unspecified atom stereocenters. The van der Waals surface area contributed by atoms with Gasteiger partial charge in [0.2, 0.25) is 0 Å². The molecule has 0 radical (unpaired) electrons. The zero-order valence-corrected chi connectivity index (χ0v) is 42.6. The molecule has 0 saturated heterocycles. The number of aromatic nitrogens is 5. The average molecular weight is 1040 g/mol. The maximum Gasteiger partial charge on any atom is 0.258 e. The number of phenolic OH excluding ortho intramolecular Hbond substituents is 2. The van der Waals surface area contributed by atoms with Crippen molar-refractivity contribution in [2.45, 2.75) is 38.3 Å². The van der Waals surface area contributed by atoms with Gasteiger partial charge in [0.25, 0.3) is 11.8 Å². The Morgan fingerprint density at radius 1 is 0.635 bits per heavy atom. The van der Waals surface area contributed by atoms with Crippen LogP contribution in [0.15, 0.2) is 182 Å². The normalized spacial score (nSPS) is 12.1. The number of benzene rings is 6. The van der Waals surface area contributed by atoms with Crippen LogP contribution in [0.1, 0.15) is 60.8 Å². The van der Waals surface area contributed by atoms with Gasteiger partial charge in [-0.2, -0.15) is 5.10 Å². The van der Waals surface area contributed by atoms with Gasteiger partial charge >= 0.3 is 0 Å². The van der Waals surface area contributed by atoms with E-state index in [1.807, 2.05) is 97.2 Å². The fraction of sp³-hybridized carbons (Fsp3) is 0.138. The monoisotopic (exact) mass is 1040 g/mol. The SMILES string of the molecule is CC(C)(C)c1csc(-c2ccc(C(NC(=O)COc3ccccc3)c3cc(Cl)c4cccnc4c3O)cc2)n1.O=C(COc1ccccc1)NC(c1ccc(-n2cccn2)cc1)c1cc(Cl)c2cccnc2c1O. The number of pyridine rings is 2. The van der Waals surface area contributed by atoms with Crippen LogP contribution in [0.5, 0.6) is 23.0 Å². The highest BCUT2D eigenvalue weighted by atomic mass is 35.5. The summed E-state index contributed by atoms with van der Waals surface area (Å²) in [5, 5.41) is 37.7. The van der Waals surface area contributed by atoms with E-state index in [9.17, 15) is 19.8 Å². The number of nitrogens with one attached hydrogen (secondary N) is 2. The van der Waals surface area contributed by atoms with E-state index in [0.717, 1.165) is 33.1 Å². The molecule has 0 saturated carbocycles. The fourth-order valence-electron chi connectivity index (χ4n) is 8.08. The number of thiazole rings is 1. The van der Waals surface area contributed by atoms with E-state index in [4.69, 9.17) is 37.7 Å². The fourth-order valence-corrected chi connectivity index (χ4v) is 9.67. The summed E-state index contributed by atoms with van der Waals surface area (Å²) in [6.07, 6.45) is 6.72. The van der Waals surface area contributed by atoms with Gasteiger partial charge in [0.15, 0.2) is 13.2 Å². The highest BCUT2D eigenvalue weighted by Gasteiger charge is 2.26. The first kappa shape index (κ1) is 50.6. The number of aromatic hydroxyl groups is 2. The van der Waals surface area contributed by atoms with E-state index >= 15 is 0 Å². The van der Waals surface area contributed by atoms with Crippen molar-refractivity contribution < 1.29 is 29.3 Å². The quantitative estimate of drug-likeness (QED) is 0.0821. The zero-order valence-electron chi connectivity index (χ0n) is 40.3. The van der Waals surface area contributed by atoms with E-state index in [-0.39, 0.29) is 41.9 Å². The molecular weight excluding hydrogens is 994 g/mol. The molecule has 2 amide bonds. The average Bonchev–Trinajstić information content (AvgIpc) is 4.17. The minimum atomic E-state index is -0.698. The minimum absolute atomic E-state index is 0.0349. The second kappa shape index (κ2) is 22.6. The summed E-state index contributed by atoms with van der Waals surface area (Å²) in [6.45, 7) is 6.04. The molecule has 10 aromatic rings. The van der Waals surface area contributed by atoms with Crippen molar-refractivity contribution in [1.29, 1.82) is 0 Å². The number of hydrogen-bond donors (Lipinski definition) is 4. The van der Waals surface area contributed by atoms with Crippen LogP contribution in [0.3, 0.4) is 0 Å². The number of amides is 2. The van der Waals surface area contributed by atoms with E-state index in [1.54, 1.807) is 95.3 Å². The van der Waals surface area contributed by atoms with Crippen molar-refractivity contribution in [3.8, 4) is 39.3 Å². The van der Waals surface area contributed by atoms with Crippen LogP contribution >= 0.6 is 34.5 Å². The van der Waals surface area contributed by atoms with E-state index in [0.29, 0.717) is 54.5 Å². The molecule has 16 heteroatoms. The molecule has 372 valence electrons. The van der Waals surface area contributed by atoms with Gasteiger partial charge in [-0.05, 0) is 90.0 Å². The second-order valence-corrected chi connectivity index (χ2v) is 19.7. The first-order valence-corrected chi connectivity index (χ1v) is 25.1. The lowest BCUT2D eigenvalue weighted by Gasteiger charge is -2.22. The molecule has 0 aliphatic rings. The first-order valence-electron chi connectivity index (χ1n) is 23.4. The van der Waals surface area contributed by atoms with Gasteiger partial charge in [-0.15, -0.1) is 11.3 Å². The Morgan fingerprint density at radius 2 is 1.12 bits per heavy atom. The predicted molar refractivity (Wildman–Crippen MR) is 290 cm³/mol. The van der Waals surface area contributed by atoms with Crippen LogP contribution in [0.25, 0.3) is 38.1 Å².